The number of thiophene rings is 1. The highest BCUT2D eigenvalue weighted by molar-refractivity contribution is 7.98. The minimum Gasteiger partial charge on any atom is -0.268 e. The summed E-state index contributed by atoms with van der Waals surface area (Å²) in [7, 11) is 0. The predicted molar refractivity (Wildman–Crippen MR) is 132 cm³/mol. The van der Waals surface area contributed by atoms with E-state index >= 15 is 0 Å². The van der Waals surface area contributed by atoms with E-state index in [9.17, 15) is 10.1 Å². The highest BCUT2D eigenvalue weighted by Gasteiger charge is 2.23. The van der Waals surface area contributed by atoms with Crippen LogP contribution >= 0.6 is 23.1 Å². The Hall–Kier alpha value is -2.88. The highest BCUT2D eigenvalue weighted by Crippen LogP contribution is 2.36. The average molecular weight is 458 g/mol. The van der Waals surface area contributed by atoms with Crippen LogP contribution in [0.4, 0.5) is 0 Å². The number of hydrogen-bond acceptors (Lipinski definition) is 5. The number of aryl methyl sites for hydroxylation is 4. The van der Waals surface area contributed by atoms with Gasteiger partial charge in [-0.3, -0.25) is 9.36 Å². The molecule has 2 aromatic carbocycles. The molecule has 0 radical (unpaired) electrons. The number of aromatic nitrogens is 2. The molecule has 0 unspecified atom stereocenters. The molecule has 4 aromatic rings. The minimum absolute atomic E-state index is 0.0220. The molecular formula is C26H23N3OS2. The molecule has 5 rings (SSSR count). The van der Waals surface area contributed by atoms with E-state index < -0.39 is 0 Å². The first-order chi connectivity index (χ1) is 15.6. The number of hydrogen-bond donors (Lipinski definition) is 0. The molecule has 2 aromatic heterocycles. The van der Waals surface area contributed by atoms with E-state index in [1.807, 2.05) is 30.3 Å². The molecule has 0 N–H and O–H groups in total. The third-order valence-electron chi connectivity index (χ3n) is 6.20. The molecule has 6 heteroatoms. The second kappa shape index (κ2) is 8.57. The Balaban J connectivity index is 1.69. The summed E-state index contributed by atoms with van der Waals surface area (Å²) in [5.41, 5.74) is 6.03. The van der Waals surface area contributed by atoms with E-state index in [0.29, 0.717) is 16.5 Å². The van der Waals surface area contributed by atoms with Gasteiger partial charge in [-0.05, 0) is 80.0 Å². The molecule has 0 fully saturated rings. The summed E-state index contributed by atoms with van der Waals surface area (Å²) < 4.78 is 1.77. The van der Waals surface area contributed by atoms with E-state index in [1.54, 1.807) is 15.9 Å². The summed E-state index contributed by atoms with van der Waals surface area (Å²) in [6, 6.07) is 16.0. The van der Waals surface area contributed by atoms with Gasteiger partial charge in [-0.2, -0.15) is 5.26 Å². The van der Waals surface area contributed by atoms with E-state index in [-0.39, 0.29) is 5.56 Å². The van der Waals surface area contributed by atoms with Crippen molar-refractivity contribution in [3.63, 3.8) is 0 Å². The zero-order chi connectivity index (χ0) is 22.2. The largest absolute Gasteiger partial charge is 0.268 e. The Bertz CT molecular complexity index is 1440. The Morgan fingerprint density at radius 3 is 2.75 bits per heavy atom. The first-order valence-corrected chi connectivity index (χ1v) is 12.6. The van der Waals surface area contributed by atoms with Crippen molar-refractivity contribution in [1.82, 2.24) is 9.55 Å². The number of fused-ring (bicyclic) bond motifs is 3. The molecular weight excluding hydrogens is 434 g/mol. The predicted octanol–water partition coefficient (Wildman–Crippen LogP) is 6.11. The van der Waals surface area contributed by atoms with Gasteiger partial charge in [-0.25, -0.2) is 4.98 Å². The normalized spacial score (nSPS) is 13.2. The summed E-state index contributed by atoms with van der Waals surface area (Å²) >= 11 is 3.19. The Kier molecular flexibility index (Phi) is 5.62. The van der Waals surface area contributed by atoms with Crippen molar-refractivity contribution in [2.75, 3.05) is 0 Å². The molecule has 2 heterocycles. The third kappa shape index (κ3) is 3.66. The molecule has 4 nitrogen and oxygen atoms in total. The van der Waals surface area contributed by atoms with E-state index in [0.717, 1.165) is 46.3 Å². The van der Waals surface area contributed by atoms with Crippen LogP contribution in [0.3, 0.4) is 0 Å². The van der Waals surface area contributed by atoms with Crippen molar-refractivity contribution >= 4 is 33.3 Å². The maximum Gasteiger partial charge on any atom is 0.267 e. The lowest BCUT2D eigenvalue weighted by Gasteiger charge is -2.15. The van der Waals surface area contributed by atoms with Gasteiger partial charge in [0.25, 0.3) is 5.56 Å². The van der Waals surface area contributed by atoms with Crippen molar-refractivity contribution in [3.8, 4) is 11.8 Å². The van der Waals surface area contributed by atoms with Crippen LogP contribution in [0.25, 0.3) is 15.9 Å². The topological polar surface area (TPSA) is 58.7 Å². The van der Waals surface area contributed by atoms with Gasteiger partial charge >= 0.3 is 0 Å². The molecule has 1 aliphatic rings. The lowest BCUT2D eigenvalue weighted by atomic mass is 9.97. The maximum absolute atomic E-state index is 13.9. The SMILES string of the molecule is Cc1ccc(-n2c(SCc3ccccc3C#N)nc3sc4c(c3c2=O)CCCC4)cc1C. The second-order valence-corrected chi connectivity index (χ2v) is 10.3. The highest BCUT2D eigenvalue weighted by atomic mass is 32.2. The first kappa shape index (κ1) is 21.0. The van der Waals surface area contributed by atoms with Crippen molar-refractivity contribution in [2.45, 2.75) is 50.4 Å². The van der Waals surface area contributed by atoms with Gasteiger partial charge in [-0.1, -0.05) is 36.0 Å². The average Bonchev–Trinajstić information content (AvgIpc) is 3.18. The van der Waals surface area contributed by atoms with Gasteiger partial charge in [0.1, 0.15) is 4.83 Å². The van der Waals surface area contributed by atoms with Gasteiger partial charge in [0.05, 0.1) is 22.7 Å². The molecule has 160 valence electrons. The summed E-state index contributed by atoms with van der Waals surface area (Å²) in [4.78, 5) is 21.0. The van der Waals surface area contributed by atoms with Gasteiger partial charge in [0.15, 0.2) is 5.16 Å². The molecule has 32 heavy (non-hydrogen) atoms. The van der Waals surface area contributed by atoms with Crippen LogP contribution in [0, 0.1) is 25.2 Å². The lowest BCUT2D eigenvalue weighted by molar-refractivity contribution is 0.699. The Morgan fingerprint density at radius 2 is 1.94 bits per heavy atom. The molecule has 0 spiro atoms. The molecule has 0 saturated heterocycles. The van der Waals surface area contributed by atoms with Crippen molar-refractivity contribution < 1.29 is 0 Å². The third-order valence-corrected chi connectivity index (χ3v) is 8.37. The van der Waals surface area contributed by atoms with E-state index in [1.165, 1.54) is 34.2 Å². The first-order valence-electron chi connectivity index (χ1n) is 10.8. The van der Waals surface area contributed by atoms with Crippen LogP contribution in [-0.2, 0) is 18.6 Å². The summed E-state index contributed by atoms with van der Waals surface area (Å²) in [5.74, 6) is 0.581. The minimum atomic E-state index is 0.0220. The number of nitrogens with zero attached hydrogens (tertiary/aromatic N) is 3. The Morgan fingerprint density at radius 1 is 1.12 bits per heavy atom. The van der Waals surface area contributed by atoms with Crippen LogP contribution in [0.1, 0.15) is 45.5 Å². The number of rotatable bonds is 4. The van der Waals surface area contributed by atoms with Crippen LogP contribution in [0.5, 0.6) is 0 Å². The lowest BCUT2D eigenvalue weighted by Crippen LogP contribution is -2.22. The summed E-state index contributed by atoms with van der Waals surface area (Å²) in [6.07, 6.45) is 4.31. The fraction of sp³-hybridized carbons (Fsp3) is 0.269. The second-order valence-electron chi connectivity index (χ2n) is 8.25. The van der Waals surface area contributed by atoms with Gasteiger partial charge < -0.3 is 0 Å². The monoisotopic (exact) mass is 457 g/mol. The molecule has 0 saturated carbocycles. The van der Waals surface area contributed by atoms with Crippen molar-refractivity contribution in [2.24, 2.45) is 0 Å². The van der Waals surface area contributed by atoms with Crippen LogP contribution in [0.15, 0.2) is 52.4 Å². The zero-order valence-electron chi connectivity index (χ0n) is 18.1. The molecule has 0 atom stereocenters. The van der Waals surface area contributed by atoms with E-state index in [4.69, 9.17) is 4.98 Å². The molecule has 0 amide bonds. The van der Waals surface area contributed by atoms with Crippen molar-refractivity contribution in [3.05, 3.63) is 85.5 Å². The van der Waals surface area contributed by atoms with Crippen molar-refractivity contribution in [1.29, 1.82) is 5.26 Å². The van der Waals surface area contributed by atoms with E-state index in [2.05, 4.69) is 32.0 Å². The Labute approximate surface area is 195 Å². The van der Waals surface area contributed by atoms with Crippen LogP contribution in [0.2, 0.25) is 0 Å². The van der Waals surface area contributed by atoms with Gasteiger partial charge in [0.2, 0.25) is 0 Å². The fourth-order valence-corrected chi connectivity index (χ4v) is 6.59. The molecule has 0 bridgehead atoms. The van der Waals surface area contributed by atoms with Gasteiger partial charge in [0, 0.05) is 10.6 Å². The van der Waals surface area contributed by atoms with Crippen LogP contribution < -0.4 is 5.56 Å². The summed E-state index contributed by atoms with van der Waals surface area (Å²) in [6.45, 7) is 4.14. The smallest absolute Gasteiger partial charge is 0.267 e. The van der Waals surface area contributed by atoms with Crippen LogP contribution in [-0.4, -0.2) is 9.55 Å². The fourth-order valence-electron chi connectivity index (χ4n) is 4.27. The maximum atomic E-state index is 13.9. The molecule has 0 aliphatic heterocycles. The number of benzene rings is 2. The number of nitriles is 1. The summed E-state index contributed by atoms with van der Waals surface area (Å²) in [5, 5.41) is 10.9. The number of thioether (sulfide) groups is 1. The quantitative estimate of drug-likeness (QED) is 0.274. The standard InChI is InChI=1S/C26H23N3OS2/c1-16-11-12-20(13-17(16)2)29-25(30)23-21-9-5-6-10-22(21)32-24(23)28-26(29)31-15-19-8-4-3-7-18(19)14-27/h3-4,7-8,11-13H,5-6,9-10,15H2,1-2H3. The van der Waals surface area contributed by atoms with Gasteiger partial charge in [-0.15, -0.1) is 11.3 Å². The molecule has 1 aliphatic carbocycles. The zero-order valence-corrected chi connectivity index (χ0v) is 19.8.